The molecule has 0 amide bonds. The van der Waals surface area contributed by atoms with E-state index in [-0.39, 0.29) is 17.8 Å². The van der Waals surface area contributed by atoms with E-state index in [9.17, 15) is 9.59 Å². The quantitative estimate of drug-likeness (QED) is 0.489. The second-order valence-electron chi connectivity index (χ2n) is 6.03. The van der Waals surface area contributed by atoms with E-state index in [0.29, 0.717) is 17.4 Å². The standard InChI is InChI=1S/C21H16O3S/c22-15(11-10-14-6-2-1-3-7-14)12-19-20-17(13-25-19)16-8-4-5-9-18(16)24-21(20)23/h1-9,13H,10-12H2. The molecular formula is C21H16O3S. The number of aryl methyl sites for hydroxylation is 1. The van der Waals surface area contributed by atoms with Crippen molar-refractivity contribution in [3.8, 4) is 0 Å². The first-order valence-corrected chi connectivity index (χ1v) is 9.08. The summed E-state index contributed by atoms with van der Waals surface area (Å²) in [5, 5.41) is 4.30. The first-order valence-electron chi connectivity index (χ1n) is 8.20. The number of fused-ring (bicyclic) bond motifs is 3. The van der Waals surface area contributed by atoms with E-state index in [0.717, 1.165) is 27.6 Å². The smallest absolute Gasteiger partial charge is 0.345 e. The molecule has 0 aliphatic rings. The zero-order valence-corrected chi connectivity index (χ0v) is 14.3. The summed E-state index contributed by atoms with van der Waals surface area (Å²) in [6.45, 7) is 0. The van der Waals surface area contributed by atoms with Crippen LogP contribution in [0, 0.1) is 0 Å². The van der Waals surface area contributed by atoms with Crippen LogP contribution in [0.15, 0.2) is 69.2 Å². The van der Waals surface area contributed by atoms with Crippen molar-refractivity contribution >= 4 is 38.9 Å². The SMILES string of the molecule is O=C(CCc1ccccc1)Cc1scc2c1c(=O)oc1ccccc12. The number of hydrogen-bond acceptors (Lipinski definition) is 4. The number of Topliss-reactive ketones (excluding diaryl/α,β-unsaturated/α-hetero) is 1. The summed E-state index contributed by atoms with van der Waals surface area (Å²) >= 11 is 1.46. The van der Waals surface area contributed by atoms with Crippen LogP contribution in [0.1, 0.15) is 16.9 Å². The van der Waals surface area contributed by atoms with E-state index in [4.69, 9.17) is 4.42 Å². The molecule has 0 atom stereocenters. The lowest BCUT2D eigenvalue weighted by Gasteiger charge is -2.02. The van der Waals surface area contributed by atoms with E-state index in [2.05, 4.69) is 0 Å². The van der Waals surface area contributed by atoms with Gasteiger partial charge in [-0.2, -0.15) is 0 Å². The molecule has 0 aliphatic carbocycles. The number of para-hydroxylation sites is 1. The van der Waals surface area contributed by atoms with E-state index in [1.807, 2.05) is 53.9 Å². The molecule has 0 saturated heterocycles. The third-order valence-electron chi connectivity index (χ3n) is 4.34. The number of thiophene rings is 1. The Kier molecular flexibility index (Phi) is 4.20. The monoisotopic (exact) mass is 348 g/mol. The third kappa shape index (κ3) is 3.13. The van der Waals surface area contributed by atoms with Crippen LogP contribution >= 0.6 is 11.3 Å². The Morgan fingerprint density at radius 2 is 1.72 bits per heavy atom. The number of rotatable bonds is 5. The molecule has 0 saturated carbocycles. The van der Waals surface area contributed by atoms with Gasteiger partial charge in [-0.3, -0.25) is 4.79 Å². The maximum Gasteiger partial charge on any atom is 0.345 e. The molecule has 2 heterocycles. The minimum Gasteiger partial charge on any atom is -0.422 e. The normalized spacial score (nSPS) is 11.2. The Hall–Kier alpha value is -2.72. The molecule has 3 nitrogen and oxygen atoms in total. The summed E-state index contributed by atoms with van der Waals surface area (Å²) in [7, 11) is 0. The van der Waals surface area contributed by atoms with Gasteiger partial charge in [-0.1, -0.05) is 48.5 Å². The molecule has 0 radical (unpaired) electrons. The lowest BCUT2D eigenvalue weighted by molar-refractivity contribution is -0.118. The maximum absolute atomic E-state index is 12.4. The molecule has 0 fully saturated rings. The number of carbonyl (C=O) groups is 1. The van der Waals surface area contributed by atoms with E-state index in [1.54, 1.807) is 6.07 Å². The van der Waals surface area contributed by atoms with Crippen molar-refractivity contribution in [1.29, 1.82) is 0 Å². The topological polar surface area (TPSA) is 47.3 Å². The van der Waals surface area contributed by atoms with Gasteiger partial charge in [0.25, 0.3) is 0 Å². The molecule has 0 aliphatic heterocycles. The summed E-state index contributed by atoms with van der Waals surface area (Å²) in [4.78, 5) is 25.5. The van der Waals surface area contributed by atoms with Crippen molar-refractivity contribution in [1.82, 2.24) is 0 Å². The fraction of sp³-hybridized carbons (Fsp3) is 0.143. The molecule has 124 valence electrons. The average Bonchev–Trinajstić information content (AvgIpc) is 3.05. The summed E-state index contributed by atoms with van der Waals surface area (Å²) in [5.74, 6) is 0.139. The summed E-state index contributed by atoms with van der Waals surface area (Å²) < 4.78 is 5.42. The molecule has 25 heavy (non-hydrogen) atoms. The Morgan fingerprint density at radius 1 is 0.960 bits per heavy atom. The van der Waals surface area contributed by atoms with Gasteiger partial charge in [0.05, 0.1) is 5.39 Å². The fourth-order valence-corrected chi connectivity index (χ4v) is 4.14. The van der Waals surface area contributed by atoms with Crippen molar-refractivity contribution in [2.45, 2.75) is 19.3 Å². The van der Waals surface area contributed by atoms with Gasteiger partial charge < -0.3 is 4.42 Å². The Bertz CT molecular complexity index is 1110. The highest BCUT2D eigenvalue weighted by Crippen LogP contribution is 2.30. The fourth-order valence-electron chi connectivity index (χ4n) is 3.08. The van der Waals surface area contributed by atoms with Crippen LogP contribution in [0.4, 0.5) is 0 Å². The van der Waals surface area contributed by atoms with Crippen molar-refractivity contribution in [2.24, 2.45) is 0 Å². The number of benzene rings is 2. The van der Waals surface area contributed by atoms with Gasteiger partial charge in [0, 0.05) is 28.5 Å². The van der Waals surface area contributed by atoms with Crippen LogP contribution in [0.3, 0.4) is 0 Å². The lowest BCUT2D eigenvalue weighted by Crippen LogP contribution is -2.06. The highest BCUT2D eigenvalue weighted by molar-refractivity contribution is 7.11. The third-order valence-corrected chi connectivity index (χ3v) is 5.33. The molecule has 4 aromatic rings. The van der Waals surface area contributed by atoms with Crippen LogP contribution in [-0.4, -0.2) is 5.78 Å². The molecule has 4 heteroatoms. The molecule has 0 bridgehead atoms. The van der Waals surface area contributed by atoms with E-state index < -0.39 is 0 Å². The van der Waals surface area contributed by atoms with E-state index >= 15 is 0 Å². The molecular weight excluding hydrogens is 332 g/mol. The second kappa shape index (κ2) is 6.65. The predicted octanol–water partition coefficient (Wildman–Crippen LogP) is 4.75. The van der Waals surface area contributed by atoms with Crippen LogP contribution < -0.4 is 5.63 Å². The van der Waals surface area contributed by atoms with Crippen LogP contribution in [0.5, 0.6) is 0 Å². The summed E-state index contributed by atoms with van der Waals surface area (Å²) in [6, 6.07) is 17.5. The van der Waals surface area contributed by atoms with Gasteiger partial charge >= 0.3 is 5.63 Å². The maximum atomic E-state index is 12.4. The molecule has 2 aromatic heterocycles. The second-order valence-corrected chi connectivity index (χ2v) is 7.00. The van der Waals surface area contributed by atoms with Crippen molar-refractivity contribution in [2.75, 3.05) is 0 Å². The highest BCUT2D eigenvalue weighted by Gasteiger charge is 2.16. The summed E-state index contributed by atoms with van der Waals surface area (Å²) in [5.41, 5.74) is 1.37. The largest absolute Gasteiger partial charge is 0.422 e. The zero-order chi connectivity index (χ0) is 17.2. The van der Waals surface area contributed by atoms with Crippen molar-refractivity contribution in [3.63, 3.8) is 0 Å². The van der Waals surface area contributed by atoms with Gasteiger partial charge in [0.2, 0.25) is 0 Å². The molecule has 0 spiro atoms. The lowest BCUT2D eigenvalue weighted by atomic mass is 10.0. The van der Waals surface area contributed by atoms with Crippen LogP contribution in [0.25, 0.3) is 21.7 Å². The Morgan fingerprint density at radius 3 is 2.56 bits per heavy atom. The van der Waals surface area contributed by atoms with Gasteiger partial charge in [0.15, 0.2) is 0 Å². The zero-order valence-electron chi connectivity index (χ0n) is 13.5. The first kappa shape index (κ1) is 15.8. The first-order chi connectivity index (χ1) is 12.2. The van der Waals surface area contributed by atoms with Crippen molar-refractivity contribution in [3.05, 3.63) is 80.8 Å². The van der Waals surface area contributed by atoms with Gasteiger partial charge in [-0.05, 0) is 23.4 Å². The number of ketones is 1. The molecule has 4 rings (SSSR count). The van der Waals surface area contributed by atoms with E-state index in [1.165, 1.54) is 11.3 Å². The molecule has 0 N–H and O–H groups in total. The predicted molar refractivity (Wildman–Crippen MR) is 101 cm³/mol. The average molecular weight is 348 g/mol. The minimum atomic E-state index is -0.360. The van der Waals surface area contributed by atoms with Gasteiger partial charge in [-0.15, -0.1) is 11.3 Å². The van der Waals surface area contributed by atoms with Crippen LogP contribution in [-0.2, 0) is 17.6 Å². The molecule has 0 unspecified atom stereocenters. The van der Waals surface area contributed by atoms with Gasteiger partial charge in [-0.25, -0.2) is 4.79 Å². The van der Waals surface area contributed by atoms with Crippen LogP contribution in [0.2, 0.25) is 0 Å². The molecule has 2 aromatic carbocycles. The highest BCUT2D eigenvalue weighted by atomic mass is 32.1. The number of carbonyl (C=O) groups excluding carboxylic acids is 1. The van der Waals surface area contributed by atoms with Gasteiger partial charge in [0.1, 0.15) is 11.4 Å². The Labute approximate surface area is 148 Å². The minimum absolute atomic E-state index is 0.139. The summed E-state index contributed by atoms with van der Waals surface area (Å²) in [6.07, 6.45) is 1.48. The number of hydrogen-bond donors (Lipinski definition) is 0. The Balaban J connectivity index is 1.60. The van der Waals surface area contributed by atoms with Crippen molar-refractivity contribution < 1.29 is 9.21 Å².